The van der Waals surface area contributed by atoms with Gasteiger partial charge >= 0.3 is 0 Å². The first-order chi connectivity index (χ1) is 9.41. The average Bonchev–Trinajstić information content (AvgIpc) is 2.59. The Morgan fingerprint density at radius 2 is 2.05 bits per heavy atom. The summed E-state index contributed by atoms with van der Waals surface area (Å²) in [5.74, 6) is -0.338. The predicted molar refractivity (Wildman–Crippen MR) is 73.5 cm³/mol. The number of likely N-dealkylation sites (tertiary alicyclic amines) is 1. The van der Waals surface area contributed by atoms with Crippen LogP contribution in [0.15, 0.2) is 24.3 Å². The molecule has 0 radical (unpaired) electrons. The lowest BCUT2D eigenvalue weighted by atomic mass is 9.98. The monoisotopic (exact) mass is 278 g/mol. The molecule has 1 heterocycles. The summed E-state index contributed by atoms with van der Waals surface area (Å²) in [5, 5.41) is 21.0. The van der Waals surface area contributed by atoms with Crippen molar-refractivity contribution in [3.05, 3.63) is 39.9 Å². The Balaban J connectivity index is 2.21. The Bertz CT molecular complexity index is 528. The summed E-state index contributed by atoms with van der Waals surface area (Å²) in [6.07, 6.45) is 1.81. The topological polar surface area (TPSA) is 83.7 Å². The molecule has 1 aliphatic heterocycles. The molecule has 6 heteroatoms. The molecule has 0 aliphatic carbocycles. The fourth-order valence-electron chi connectivity index (χ4n) is 2.45. The van der Waals surface area contributed by atoms with Crippen LogP contribution in [0.5, 0.6) is 0 Å². The minimum absolute atomic E-state index is 0.110. The molecule has 1 N–H and O–H groups in total. The van der Waals surface area contributed by atoms with Crippen LogP contribution >= 0.6 is 0 Å². The second-order valence-corrected chi connectivity index (χ2v) is 5.42. The number of carbonyl (C=O) groups excluding carboxylic acids is 1. The van der Waals surface area contributed by atoms with Crippen molar-refractivity contribution in [2.45, 2.75) is 31.8 Å². The quantitative estimate of drug-likeness (QED) is 0.662. The second kappa shape index (κ2) is 5.58. The maximum atomic E-state index is 12.4. The fraction of sp³-hybridized carbons (Fsp3) is 0.500. The second-order valence-electron chi connectivity index (χ2n) is 5.42. The van der Waals surface area contributed by atoms with Crippen LogP contribution in [0.1, 0.15) is 36.5 Å². The van der Waals surface area contributed by atoms with Gasteiger partial charge in [-0.1, -0.05) is 12.1 Å². The molecule has 20 heavy (non-hydrogen) atoms. The van der Waals surface area contributed by atoms with Crippen LogP contribution in [-0.2, 0) is 0 Å². The molecule has 1 fully saturated rings. The van der Waals surface area contributed by atoms with Gasteiger partial charge in [-0.05, 0) is 32.3 Å². The van der Waals surface area contributed by atoms with Gasteiger partial charge in [-0.15, -0.1) is 0 Å². The maximum Gasteiger partial charge on any atom is 0.282 e. The third kappa shape index (κ3) is 3.14. The highest BCUT2D eigenvalue weighted by Gasteiger charge is 2.29. The van der Waals surface area contributed by atoms with E-state index in [-0.39, 0.29) is 17.2 Å². The van der Waals surface area contributed by atoms with E-state index in [9.17, 15) is 20.0 Å². The van der Waals surface area contributed by atoms with Crippen LogP contribution in [0.25, 0.3) is 0 Å². The molecule has 1 saturated heterocycles. The molecule has 0 spiro atoms. The third-order valence-corrected chi connectivity index (χ3v) is 3.68. The van der Waals surface area contributed by atoms with Crippen LogP contribution in [0.2, 0.25) is 0 Å². The number of amides is 1. The molecule has 1 atom stereocenters. The van der Waals surface area contributed by atoms with E-state index in [4.69, 9.17) is 0 Å². The zero-order valence-corrected chi connectivity index (χ0v) is 11.4. The van der Waals surface area contributed by atoms with Crippen molar-refractivity contribution in [1.82, 2.24) is 4.90 Å². The summed E-state index contributed by atoms with van der Waals surface area (Å²) >= 11 is 0. The number of aliphatic hydroxyl groups is 1. The summed E-state index contributed by atoms with van der Waals surface area (Å²) in [5.41, 5.74) is -0.829. The minimum Gasteiger partial charge on any atom is -0.390 e. The number of rotatable bonds is 2. The van der Waals surface area contributed by atoms with E-state index in [1.54, 1.807) is 24.0 Å². The van der Waals surface area contributed by atoms with Crippen molar-refractivity contribution < 1.29 is 14.8 Å². The summed E-state index contributed by atoms with van der Waals surface area (Å²) in [6.45, 7) is 2.69. The normalized spacial score (nSPS) is 23.2. The Labute approximate surface area is 117 Å². The summed E-state index contributed by atoms with van der Waals surface area (Å²) in [4.78, 5) is 24.5. The number of para-hydroxylation sites is 1. The maximum absolute atomic E-state index is 12.4. The lowest BCUT2D eigenvalue weighted by molar-refractivity contribution is -0.385. The average molecular weight is 278 g/mol. The highest BCUT2D eigenvalue weighted by molar-refractivity contribution is 5.98. The van der Waals surface area contributed by atoms with Gasteiger partial charge in [-0.25, -0.2) is 0 Å². The zero-order valence-electron chi connectivity index (χ0n) is 11.4. The number of benzene rings is 1. The first-order valence-corrected chi connectivity index (χ1v) is 6.66. The van der Waals surface area contributed by atoms with E-state index in [0.29, 0.717) is 32.4 Å². The first kappa shape index (κ1) is 14.5. The summed E-state index contributed by atoms with van der Waals surface area (Å²) < 4.78 is 0. The molecule has 108 valence electrons. The van der Waals surface area contributed by atoms with E-state index in [1.807, 2.05) is 0 Å². The van der Waals surface area contributed by atoms with Crippen molar-refractivity contribution in [3.8, 4) is 0 Å². The van der Waals surface area contributed by atoms with Crippen LogP contribution in [0.4, 0.5) is 5.69 Å². The van der Waals surface area contributed by atoms with E-state index >= 15 is 0 Å². The van der Waals surface area contributed by atoms with Crippen LogP contribution in [-0.4, -0.2) is 39.5 Å². The Morgan fingerprint density at radius 3 is 2.75 bits per heavy atom. The molecule has 2 rings (SSSR count). The minimum atomic E-state index is -0.766. The molecule has 1 aromatic rings. The molecule has 0 saturated carbocycles. The standard InChI is InChI=1S/C14H18N2O4/c1-14(18)7-4-9-15(10-8-14)13(17)11-5-2-3-6-12(11)16(19)20/h2-3,5-6,18H,4,7-10H2,1H3. The van der Waals surface area contributed by atoms with Gasteiger partial charge in [0.2, 0.25) is 0 Å². The lowest BCUT2D eigenvalue weighted by Crippen LogP contribution is -2.33. The number of hydrogen-bond donors (Lipinski definition) is 1. The van der Waals surface area contributed by atoms with Crippen molar-refractivity contribution in [2.24, 2.45) is 0 Å². The van der Waals surface area contributed by atoms with Crippen molar-refractivity contribution in [1.29, 1.82) is 0 Å². The smallest absolute Gasteiger partial charge is 0.282 e. The molecule has 0 aromatic heterocycles. The number of carbonyl (C=O) groups is 1. The Hall–Kier alpha value is -1.95. The fourth-order valence-corrected chi connectivity index (χ4v) is 2.45. The van der Waals surface area contributed by atoms with E-state index in [2.05, 4.69) is 0 Å². The Morgan fingerprint density at radius 1 is 1.35 bits per heavy atom. The van der Waals surface area contributed by atoms with Crippen LogP contribution in [0, 0.1) is 10.1 Å². The molecular formula is C14H18N2O4. The molecule has 1 amide bonds. The SMILES string of the molecule is CC1(O)CCCN(C(=O)c2ccccc2[N+](=O)[O-])CC1. The van der Waals surface area contributed by atoms with E-state index < -0.39 is 10.5 Å². The summed E-state index contributed by atoms with van der Waals surface area (Å²) in [6, 6.07) is 5.97. The van der Waals surface area contributed by atoms with Crippen molar-refractivity contribution >= 4 is 11.6 Å². The van der Waals surface area contributed by atoms with E-state index in [1.165, 1.54) is 12.1 Å². The number of nitro groups is 1. The highest BCUT2D eigenvalue weighted by atomic mass is 16.6. The molecule has 1 aliphatic rings. The molecular weight excluding hydrogens is 260 g/mol. The van der Waals surface area contributed by atoms with Crippen LogP contribution in [0.3, 0.4) is 0 Å². The largest absolute Gasteiger partial charge is 0.390 e. The van der Waals surface area contributed by atoms with Gasteiger partial charge < -0.3 is 10.0 Å². The van der Waals surface area contributed by atoms with Gasteiger partial charge in [0.25, 0.3) is 11.6 Å². The first-order valence-electron chi connectivity index (χ1n) is 6.66. The van der Waals surface area contributed by atoms with Gasteiger partial charge in [-0.2, -0.15) is 0 Å². The van der Waals surface area contributed by atoms with Crippen molar-refractivity contribution in [2.75, 3.05) is 13.1 Å². The zero-order chi connectivity index (χ0) is 14.8. The van der Waals surface area contributed by atoms with Gasteiger partial charge in [0.15, 0.2) is 0 Å². The van der Waals surface area contributed by atoms with Gasteiger partial charge in [0.05, 0.1) is 10.5 Å². The summed E-state index contributed by atoms with van der Waals surface area (Å²) in [7, 11) is 0. The molecule has 6 nitrogen and oxygen atoms in total. The van der Waals surface area contributed by atoms with Gasteiger partial charge in [0.1, 0.15) is 5.56 Å². The highest BCUT2D eigenvalue weighted by Crippen LogP contribution is 2.25. The third-order valence-electron chi connectivity index (χ3n) is 3.68. The predicted octanol–water partition coefficient (Wildman–Crippen LogP) is 1.97. The van der Waals surface area contributed by atoms with E-state index in [0.717, 1.165) is 0 Å². The van der Waals surface area contributed by atoms with Gasteiger partial charge in [-0.3, -0.25) is 14.9 Å². The van der Waals surface area contributed by atoms with Crippen LogP contribution < -0.4 is 0 Å². The number of nitro benzene ring substituents is 1. The molecule has 0 bridgehead atoms. The molecule has 1 aromatic carbocycles. The van der Waals surface area contributed by atoms with Gasteiger partial charge in [0, 0.05) is 19.2 Å². The Kier molecular flexibility index (Phi) is 4.04. The lowest BCUT2D eigenvalue weighted by Gasteiger charge is -2.22. The van der Waals surface area contributed by atoms with Crippen molar-refractivity contribution in [3.63, 3.8) is 0 Å². The number of nitrogens with zero attached hydrogens (tertiary/aromatic N) is 2. The molecule has 1 unspecified atom stereocenters. The number of hydrogen-bond acceptors (Lipinski definition) is 4.